The Labute approximate surface area is 84.0 Å². The molecule has 1 unspecified atom stereocenters. The summed E-state index contributed by atoms with van der Waals surface area (Å²) in [6.45, 7) is 0. The number of ketones is 1. The zero-order chi connectivity index (χ0) is 9.84. The minimum atomic E-state index is -1.22. The topological polar surface area (TPSA) is 61.2 Å². The first kappa shape index (κ1) is 10.1. The summed E-state index contributed by atoms with van der Waals surface area (Å²) in [5, 5.41) is 16.1. The SMILES string of the molecule is N=CC(=O)C(O)c1ccc(Br)cc1. The average Bonchev–Trinajstić information content (AvgIpc) is 2.17. The van der Waals surface area contributed by atoms with E-state index in [1.54, 1.807) is 24.3 Å². The number of rotatable bonds is 3. The summed E-state index contributed by atoms with van der Waals surface area (Å²) in [5.41, 5.74) is 0.497. The maximum atomic E-state index is 10.9. The maximum absolute atomic E-state index is 10.9. The van der Waals surface area contributed by atoms with Crippen LogP contribution in [0.25, 0.3) is 0 Å². The molecule has 1 atom stereocenters. The van der Waals surface area contributed by atoms with Crippen LogP contribution in [-0.4, -0.2) is 17.1 Å². The lowest BCUT2D eigenvalue weighted by atomic mass is 10.1. The number of aliphatic hydroxyl groups is 1. The highest BCUT2D eigenvalue weighted by Crippen LogP contribution is 2.16. The third-order valence-corrected chi connectivity index (χ3v) is 2.13. The monoisotopic (exact) mass is 241 g/mol. The second-order valence-electron chi connectivity index (χ2n) is 2.50. The van der Waals surface area contributed by atoms with Gasteiger partial charge in [0.05, 0.1) is 6.21 Å². The fourth-order valence-corrected chi connectivity index (χ4v) is 1.15. The van der Waals surface area contributed by atoms with E-state index in [1.165, 1.54) is 0 Å². The third-order valence-electron chi connectivity index (χ3n) is 1.60. The van der Waals surface area contributed by atoms with E-state index in [0.717, 1.165) is 4.47 Å². The molecular formula is C9H8BrNO2. The molecule has 0 fully saturated rings. The van der Waals surface area contributed by atoms with Crippen molar-refractivity contribution in [2.24, 2.45) is 0 Å². The van der Waals surface area contributed by atoms with E-state index in [-0.39, 0.29) is 0 Å². The van der Waals surface area contributed by atoms with Crippen LogP contribution in [0.1, 0.15) is 11.7 Å². The molecule has 0 heterocycles. The van der Waals surface area contributed by atoms with Crippen molar-refractivity contribution in [3.05, 3.63) is 34.3 Å². The fraction of sp³-hybridized carbons (Fsp3) is 0.111. The van der Waals surface area contributed by atoms with Crippen molar-refractivity contribution in [2.75, 3.05) is 0 Å². The lowest BCUT2D eigenvalue weighted by Gasteiger charge is -2.05. The van der Waals surface area contributed by atoms with Crippen molar-refractivity contribution < 1.29 is 9.90 Å². The summed E-state index contributed by atoms with van der Waals surface area (Å²) in [6.07, 6.45) is -0.599. The molecule has 1 rings (SSSR count). The molecular weight excluding hydrogens is 234 g/mol. The van der Waals surface area contributed by atoms with E-state index in [0.29, 0.717) is 11.8 Å². The molecule has 0 spiro atoms. The Morgan fingerprint density at radius 1 is 1.46 bits per heavy atom. The third kappa shape index (κ3) is 2.47. The molecule has 0 amide bonds. The van der Waals surface area contributed by atoms with Gasteiger partial charge in [0, 0.05) is 4.47 Å². The van der Waals surface area contributed by atoms with E-state index in [9.17, 15) is 9.90 Å². The van der Waals surface area contributed by atoms with Gasteiger partial charge in [-0.1, -0.05) is 28.1 Å². The minimum Gasteiger partial charge on any atom is -0.380 e. The minimum absolute atomic E-state index is 0.497. The smallest absolute Gasteiger partial charge is 0.206 e. The molecule has 0 aliphatic carbocycles. The standard InChI is InChI=1S/C9H8BrNO2/c10-7-3-1-6(2-4-7)9(13)8(12)5-11/h1-5,9,11,13H. The van der Waals surface area contributed by atoms with Crippen LogP contribution >= 0.6 is 15.9 Å². The highest BCUT2D eigenvalue weighted by Gasteiger charge is 2.13. The highest BCUT2D eigenvalue weighted by atomic mass is 79.9. The molecule has 4 heteroatoms. The molecule has 0 aromatic heterocycles. The van der Waals surface area contributed by atoms with Crippen LogP contribution in [0.3, 0.4) is 0 Å². The van der Waals surface area contributed by atoms with E-state index in [4.69, 9.17) is 5.41 Å². The predicted octanol–water partition coefficient (Wildman–Crippen LogP) is 1.70. The van der Waals surface area contributed by atoms with Crippen molar-refractivity contribution in [3.63, 3.8) is 0 Å². The lowest BCUT2D eigenvalue weighted by molar-refractivity contribution is -0.120. The zero-order valence-corrected chi connectivity index (χ0v) is 8.28. The van der Waals surface area contributed by atoms with Gasteiger partial charge in [-0.25, -0.2) is 0 Å². The fourth-order valence-electron chi connectivity index (χ4n) is 0.888. The number of aliphatic hydroxyl groups excluding tert-OH is 1. The van der Waals surface area contributed by atoms with Crippen LogP contribution in [0.2, 0.25) is 0 Å². The molecule has 0 saturated carbocycles. The Balaban J connectivity index is 2.89. The second-order valence-corrected chi connectivity index (χ2v) is 3.42. The summed E-state index contributed by atoms with van der Waals surface area (Å²) in [4.78, 5) is 10.9. The molecule has 0 radical (unpaired) electrons. The largest absolute Gasteiger partial charge is 0.380 e. The summed E-state index contributed by atoms with van der Waals surface area (Å²) in [5.74, 6) is -0.609. The highest BCUT2D eigenvalue weighted by molar-refractivity contribution is 9.10. The van der Waals surface area contributed by atoms with Crippen LogP contribution in [0.4, 0.5) is 0 Å². The normalized spacial score (nSPS) is 12.2. The predicted molar refractivity (Wildman–Crippen MR) is 52.9 cm³/mol. The van der Waals surface area contributed by atoms with Crippen LogP contribution in [-0.2, 0) is 4.79 Å². The number of carbonyl (C=O) groups excluding carboxylic acids is 1. The molecule has 68 valence electrons. The Morgan fingerprint density at radius 3 is 2.46 bits per heavy atom. The number of benzene rings is 1. The summed E-state index contributed by atoms with van der Waals surface area (Å²) in [6, 6.07) is 6.73. The quantitative estimate of drug-likeness (QED) is 0.792. The summed E-state index contributed by atoms with van der Waals surface area (Å²) < 4.78 is 0.880. The molecule has 13 heavy (non-hydrogen) atoms. The molecule has 3 nitrogen and oxygen atoms in total. The van der Waals surface area contributed by atoms with Gasteiger partial charge in [0.1, 0.15) is 6.10 Å². The first-order valence-corrected chi connectivity index (χ1v) is 4.42. The lowest BCUT2D eigenvalue weighted by Crippen LogP contribution is -2.12. The molecule has 1 aromatic rings. The Bertz CT molecular complexity index is 321. The molecule has 0 aliphatic heterocycles. The van der Waals surface area contributed by atoms with Gasteiger partial charge in [-0.2, -0.15) is 0 Å². The maximum Gasteiger partial charge on any atom is 0.206 e. The van der Waals surface area contributed by atoms with Gasteiger partial charge in [-0.15, -0.1) is 0 Å². The number of hydrogen-bond acceptors (Lipinski definition) is 3. The van der Waals surface area contributed by atoms with Crippen LogP contribution in [0.5, 0.6) is 0 Å². The summed E-state index contributed by atoms with van der Waals surface area (Å²) >= 11 is 3.24. The zero-order valence-electron chi connectivity index (χ0n) is 6.70. The molecule has 0 saturated heterocycles. The first-order chi connectivity index (χ1) is 6.15. The number of Topliss-reactive ketones (excluding diaryl/α,β-unsaturated/α-hetero) is 1. The van der Waals surface area contributed by atoms with Gasteiger partial charge in [-0.3, -0.25) is 4.79 Å². The van der Waals surface area contributed by atoms with Gasteiger partial charge >= 0.3 is 0 Å². The number of carbonyl (C=O) groups is 1. The van der Waals surface area contributed by atoms with Gasteiger partial charge < -0.3 is 10.5 Å². The van der Waals surface area contributed by atoms with Gasteiger partial charge in [0.2, 0.25) is 5.78 Å². The van der Waals surface area contributed by atoms with Crippen molar-refractivity contribution in [1.82, 2.24) is 0 Å². The van der Waals surface area contributed by atoms with Crippen LogP contribution < -0.4 is 0 Å². The average molecular weight is 242 g/mol. The number of halogens is 1. The van der Waals surface area contributed by atoms with Crippen molar-refractivity contribution >= 4 is 27.9 Å². The van der Waals surface area contributed by atoms with Crippen molar-refractivity contribution in [2.45, 2.75) is 6.10 Å². The van der Waals surface area contributed by atoms with Crippen molar-refractivity contribution in [1.29, 1.82) is 5.41 Å². The van der Waals surface area contributed by atoms with Gasteiger partial charge in [0.15, 0.2) is 0 Å². The van der Waals surface area contributed by atoms with Crippen LogP contribution in [0, 0.1) is 5.41 Å². The van der Waals surface area contributed by atoms with Gasteiger partial charge in [0.25, 0.3) is 0 Å². The van der Waals surface area contributed by atoms with E-state index >= 15 is 0 Å². The molecule has 0 aliphatic rings. The van der Waals surface area contributed by atoms with Crippen molar-refractivity contribution in [3.8, 4) is 0 Å². The Hall–Kier alpha value is -1.00. The first-order valence-electron chi connectivity index (χ1n) is 3.63. The summed E-state index contributed by atoms with van der Waals surface area (Å²) in [7, 11) is 0. The Kier molecular flexibility index (Phi) is 3.33. The number of nitrogens with one attached hydrogen (secondary N) is 1. The van der Waals surface area contributed by atoms with Gasteiger partial charge in [-0.05, 0) is 17.7 Å². The molecule has 1 aromatic carbocycles. The molecule has 2 N–H and O–H groups in total. The van der Waals surface area contributed by atoms with E-state index in [2.05, 4.69) is 15.9 Å². The number of hydrogen-bond donors (Lipinski definition) is 2. The van der Waals surface area contributed by atoms with E-state index in [1.807, 2.05) is 0 Å². The molecule has 0 bridgehead atoms. The van der Waals surface area contributed by atoms with E-state index < -0.39 is 11.9 Å². The van der Waals surface area contributed by atoms with Crippen LogP contribution in [0.15, 0.2) is 28.7 Å². The Morgan fingerprint density at radius 2 is 2.00 bits per heavy atom. The second kappa shape index (κ2) is 4.30.